The largest absolute Gasteiger partial charge is 0.330 e. The number of nitrogens with two attached hydrogens (primary N) is 1. The molecular weight excluding hydrogens is 206 g/mol. The molecule has 2 aliphatic rings. The lowest BCUT2D eigenvalue weighted by Crippen LogP contribution is -2.31. The van der Waals surface area contributed by atoms with E-state index in [-0.39, 0.29) is 0 Å². The van der Waals surface area contributed by atoms with E-state index in [2.05, 4.69) is 31.2 Å². The van der Waals surface area contributed by atoms with E-state index in [0.717, 1.165) is 24.8 Å². The molecule has 1 aromatic rings. The number of rotatable bonds is 4. The van der Waals surface area contributed by atoms with Gasteiger partial charge in [-0.3, -0.25) is 0 Å². The number of hydrogen-bond donors (Lipinski definition) is 1. The summed E-state index contributed by atoms with van der Waals surface area (Å²) in [7, 11) is 0. The Hall–Kier alpha value is -0.820. The zero-order chi connectivity index (χ0) is 11.9. The smallest absolute Gasteiger partial charge is 0.00171 e. The van der Waals surface area contributed by atoms with E-state index in [1.165, 1.54) is 36.8 Å². The molecule has 0 aromatic heterocycles. The van der Waals surface area contributed by atoms with Gasteiger partial charge in [-0.25, -0.2) is 0 Å². The SMILES string of the molecule is CCc1ccc(CC2(CN)CC3CC3C2)cc1. The first-order chi connectivity index (χ1) is 8.24. The van der Waals surface area contributed by atoms with Crippen LogP contribution < -0.4 is 5.73 Å². The third-order valence-electron chi connectivity index (χ3n) is 4.90. The van der Waals surface area contributed by atoms with Gasteiger partial charge in [-0.2, -0.15) is 0 Å². The van der Waals surface area contributed by atoms with Crippen molar-refractivity contribution in [2.75, 3.05) is 6.54 Å². The van der Waals surface area contributed by atoms with Crippen molar-refractivity contribution in [2.45, 2.75) is 39.0 Å². The number of aryl methyl sites for hydroxylation is 1. The van der Waals surface area contributed by atoms with E-state index in [9.17, 15) is 0 Å². The quantitative estimate of drug-likeness (QED) is 0.843. The predicted octanol–water partition coefficient (Wildman–Crippen LogP) is 3.17. The molecule has 2 aliphatic carbocycles. The normalized spacial score (nSPS) is 34.7. The molecule has 0 aliphatic heterocycles. The van der Waals surface area contributed by atoms with Gasteiger partial charge in [0, 0.05) is 0 Å². The second-order valence-corrected chi connectivity index (χ2v) is 6.22. The maximum atomic E-state index is 6.06. The summed E-state index contributed by atoms with van der Waals surface area (Å²) in [6.07, 6.45) is 6.57. The molecule has 0 spiro atoms. The Kier molecular flexibility index (Phi) is 2.74. The van der Waals surface area contributed by atoms with Crippen LogP contribution in [0.2, 0.25) is 0 Å². The average Bonchev–Trinajstić information content (AvgIpc) is 2.99. The minimum absolute atomic E-state index is 0.432. The maximum Gasteiger partial charge on any atom is -0.00171 e. The highest BCUT2D eigenvalue weighted by atomic mass is 14.7. The highest BCUT2D eigenvalue weighted by Gasteiger charge is 2.52. The Morgan fingerprint density at radius 3 is 2.24 bits per heavy atom. The fourth-order valence-electron chi connectivity index (χ4n) is 3.72. The van der Waals surface area contributed by atoms with Crippen molar-refractivity contribution in [3.8, 4) is 0 Å². The summed E-state index contributed by atoms with van der Waals surface area (Å²) in [4.78, 5) is 0. The molecule has 2 fully saturated rings. The number of hydrogen-bond acceptors (Lipinski definition) is 1. The van der Waals surface area contributed by atoms with E-state index in [0.29, 0.717) is 5.41 Å². The van der Waals surface area contributed by atoms with Crippen LogP contribution >= 0.6 is 0 Å². The lowest BCUT2D eigenvalue weighted by atomic mass is 9.77. The lowest BCUT2D eigenvalue weighted by molar-refractivity contribution is 0.273. The number of benzene rings is 1. The molecule has 1 aromatic carbocycles. The molecule has 92 valence electrons. The topological polar surface area (TPSA) is 26.0 Å². The summed E-state index contributed by atoms with van der Waals surface area (Å²) in [5, 5.41) is 0. The first kappa shape index (κ1) is 11.3. The van der Waals surface area contributed by atoms with Crippen molar-refractivity contribution in [2.24, 2.45) is 23.0 Å². The Labute approximate surface area is 104 Å². The van der Waals surface area contributed by atoms with Gasteiger partial charge in [0.15, 0.2) is 0 Å². The summed E-state index contributed by atoms with van der Waals surface area (Å²) < 4.78 is 0. The molecule has 3 rings (SSSR count). The van der Waals surface area contributed by atoms with Gasteiger partial charge in [0.2, 0.25) is 0 Å². The standard InChI is InChI=1S/C16H23N/c1-2-12-3-5-13(6-4-12)8-16(11-17)9-14-7-15(14)10-16/h3-6,14-15H,2,7-11,17H2,1H3. The summed E-state index contributed by atoms with van der Waals surface area (Å²) in [6.45, 7) is 3.08. The van der Waals surface area contributed by atoms with Crippen molar-refractivity contribution < 1.29 is 0 Å². The van der Waals surface area contributed by atoms with Crippen LogP contribution in [0.25, 0.3) is 0 Å². The van der Waals surface area contributed by atoms with E-state index in [1.54, 1.807) is 0 Å². The molecule has 0 radical (unpaired) electrons. The first-order valence-electron chi connectivity index (χ1n) is 7.02. The molecule has 0 amide bonds. The minimum atomic E-state index is 0.432. The molecule has 2 N–H and O–H groups in total. The van der Waals surface area contributed by atoms with Gasteiger partial charge in [-0.05, 0) is 67.0 Å². The lowest BCUT2D eigenvalue weighted by Gasteiger charge is -2.29. The van der Waals surface area contributed by atoms with Crippen LogP contribution in [0.1, 0.15) is 37.3 Å². The fraction of sp³-hybridized carbons (Fsp3) is 0.625. The molecule has 2 unspecified atom stereocenters. The van der Waals surface area contributed by atoms with Gasteiger partial charge < -0.3 is 5.73 Å². The monoisotopic (exact) mass is 229 g/mol. The molecule has 1 nitrogen and oxygen atoms in total. The van der Waals surface area contributed by atoms with Gasteiger partial charge in [-0.15, -0.1) is 0 Å². The Morgan fingerprint density at radius 1 is 1.12 bits per heavy atom. The van der Waals surface area contributed by atoms with Gasteiger partial charge >= 0.3 is 0 Å². The van der Waals surface area contributed by atoms with Crippen molar-refractivity contribution >= 4 is 0 Å². The molecule has 0 saturated heterocycles. The van der Waals surface area contributed by atoms with Crippen molar-refractivity contribution in [3.63, 3.8) is 0 Å². The van der Waals surface area contributed by atoms with Crippen molar-refractivity contribution in [3.05, 3.63) is 35.4 Å². The first-order valence-corrected chi connectivity index (χ1v) is 7.02. The van der Waals surface area contributed by atoms with Crippen LogP contribution in [0.15, 0.2) is 24.3 Å². The third-order valence-corrected chi connectivity index (χ3v) is 4.90. The average molecular weight is 229 g/mol. The molecule has 2 atom stereocenters. The molecular formula is C16H23N. The summed E-state index contributed by atoms with van der Waals surface area (Å²) in [5.41, 5.74) is 9.40. The summed E-state index contributed by atoms with van der Waals surface area (Å²) in [5.74, 6) is 2.04. The van der Waals surface area contributed by atoms with Gasteiger partial charge in [-0.1, -0.05) is 31.2 Å². The van der Waals surface area contributed by atoms with Crippen molar-refractivity contribution in [1.82, 2.24) is 0 Å². The van der Waals surface area contributed by atoms with Crippen molar-refractivity contribution in [1.29, 1.82) is 0 Å². The Balaban J connectivity index is 1.72. The molecule has 0 bridgehead atoms. The van der Waals surface area contributed by atoms with E-state index < -0.39 is 0 Å². The Bertz CT molecular complexity index is 382. The van der Waals surface area contributed by atoms with Crippen LogP contribution in [0.5, 0.6) is 0 Å². The second kappa shape index (κ2) is 4.13. The number of fused-ring (bicyclic) bond motifs is 1. The van der Waals surface area contributed by atoms with Crippen LogP contribution in [0, 0.1) is 17.3 Å². The summed E-state index contributed by atoms with van der Waals surface area (Å²) in [6, 6.07) is 9.16. The van der Waals surface area contributed by atoms with Gasteiger partial charge in [0.25, 0.3) is 0 Å². The summed E-state index contributed by atoms with van der Waals surface area (Å²) >= 11 is 0. The molecule has 2 saturated carbocycles. The van der Waals surface area contributed by atoms with Gasteiger partial charge in [0.05, 0.1) is 0 Å². The molecule has 17 heavy (non-hydrogen) atoms. The highest BCUT2D eigenvalue weighted by Crippen LogP contribution is 2.60. The fourth-order valence-corrected chi connectivity index (χ4v) is 3.72. The molecule has 0 heterocycles. The maximum absolute atomic E-state index is 6.06. The van der Waals surface area contributed by atoms with Crippen LogP contribution in [0.3, 0.4) is 0 Å². The van der Waals surface area contributed by atoms with Gasteiger partial charge in [0.1, 0.15) is 0 Å². The molecule has 1 heteroatoms. The zero-order valence-electron chi connectivity index (χ0n) is 10.8. The zero-order valence-corrected chi connectivity index (χ0v) is 10.8. The third kappa shape index (κ3) is 2.13. The minimum Gasteiger partial charge on any atom is -0.330 e. The highest BCUT2D eigenvalue weighted by molar-refractivity contribution is 5.24. The second-order valence-electron chi connectivity index (χ2n) is 6.22. The van der Waals surface area contributed by atoms with E-state index in [4.69, 9.17) is 5.73 Å². The Morgan fingerprint density at radius 2 is 1.71 bits per heavy atom. The van der Waals surface area contributed by atoms with Crippen LogP contribution in [-0.4, -0.2) is 6.54 Å². The predicted molar refractivity (Wildman–Crippen MR) is 71.8 cm³/mol. The van der Waals surface area contributed by atoms with E-state index >= 15 is 0 Å². The van der Waals surface area contributed by atoms with E-state index in [1.807, 2.05) is 0 Å². The van der Waals surface area contributed by atoms with Crippen LogP contribution in [0.4, 0.5) is 0 Å². The van der Waals surface area contributed by atoms with Crippen LogP contribution in [-0.2, 0) is 12.8 Å².